The Balaban J connectivity index is 2.28. The van der Waals surface area contributed by atoms with E-state index in [1.807, 2.05) is 18.2 Å². The summed E-state index contributed by atoms with van der Waals surface area (Å²) in [4.78, 5) is 12.2. The van der Waals surface area contributed by atoms with Crippen molar-refractivity contribution in [2.75, 3.05) is 11.1 Å². The van der Waals surface area contributed by atoms with Crippen molar-refractivity contribution in [2.24, 2.45) is 0 Å². The summed E-state index contributed by atoms with van der Waals surface area (Å²) in [6.45, 7) is 5.73. The van der Waals surface area contributed by atoms with Crippen molar-refractivity contribution >= 4 is 17.3 Å². The summed E-state index contributed by atoms with van der Waals surface area (Å²) in [5.41, 5.74) is 8.12. The van der Waals surface area contributed by atoms with Crippen LogP contribution in [0.3, 0.4) is 0 Å². The van der Waals surface area contributed by atoms with Gasteiger partial charge in [0, 0.05) is 11.4 Å². The van der Waals surface area contributed by atoms with Crippen LogP contribution in [-0.4, -0.2) is 5.91 Å². The molecule has 2 aromatic carbocycles. The Hall–Kier alpha value is -2.36. The van der Waals surface area contributed by atoms with E-state index in [0.29, 0.717) is 22.9 Å². The normalized spacial score (nSPS) is 10.7. The van der Waals surface area contributed by atoms with Gasteiger partial charge >= 0.3 is 0 Å². The van der Waals surface area contributed by atoms with E-state index in [4.69, 9.17) is 5.73 Å². The van der Waals surface area contributed by atoms with Crippen molar-refractivity contribution in [1.82, 2.24) is 0 Å². The van der Waals surface area contributed by atoms with Crippen LogP contribution < -0.4 is 11.1 Å². The fourth-order valence-corrected chi connectivity index (χ4v) is 2.14. The van der Waals surface area contributed by atoms with E-state index >= 15 is 0 Å². The van der Waals surface area contributed by atoms with Crippen LogP contribution in [0.25, 0.3) is 0 Å². The third-order valence-electron chi connectivity index (χ3n) is 3.33. The lowest BCUT2D eigenvalue weighted by Gasteiger charge is -2.11. The SMILES string of the molecule is Cc1cc(N)cc(C(=O)Nc2cccc(C(C)C)c2)c1F. The number of nitrogen functional groups attached to an aromatic ring is 1. The highest BCUT2D eigenvalue weighted by atomic mass is 19.1. The monoisotopic (exact) mass is 286 g/mol. The standard InChI is InChI=1S/C17H19FN2O/c1-10(2)12-5-4-6-14(8-12)20-17(21)15-9-13(19)7-11(3)16(15)18/h4-10H,19H2,1-3H3,(H,20,21). The quantitative estimate of drug-likeness (QED) is 0.835. The maximum Gasteiger partial charge on any atom is 0.258 e. The summed E-state index contributed by atoms with van der Waals surface area (Å²) in [6, 6.07) is 10.4. The number of nitrogens with one attached hydrogen (secondary N) is 1. The molecule has 0 heterocycles. The van der Waals surface area contributed by atoms with Gasteiger partial charge in [-0.2, -0.15) is 0 Å². The molecule has 0 aromatic heterocycles. The molecular weight excluding hydrogens is 267 g/mol. The summed E-state index contributed by atoms with van der Waals surface area (Å²) < 4.78 is 14.0. The van der Waals surface area contributed by atoms with Crippen molar-refractivity contribution in [2.45, 2.75) is 26.7 Å². The number of nitrogens with two attached hydrogens (primary N) is 1. The molecule has 0 unspecified atom stereocenters. The average Bonchev–Trinajstić information content (AvgIpc) is 2.43. The van der Waals surface area contributed by atoms with E-state index in [1.54, 1.807) is 13.0 Å². The highest BCUT2D eigenvalue weighted by Crippen LogP contribution is 2.21. The molecule has 3 nitrogen and oxygen atoms in total. The van der Waals surface area contributed by atoms with E-state index in [-0.39, 0.29) is 5.56 Å². The van der Waals surface area contributed by atoms with Gasteiger partial charge < -0.3 is 11.1 Å². The Morgan fingerprint density at radius 2 is 1.95 bits per heavy atom. The molecule has 110 valence electrons. The van der Waals surface area contributed by atoms with Gasteiger partial charge in [-0.15, -0.1) is 0 Å². The lowest BCUT2D eigenvalue weighted by atomic mass is 10.0. The fourth-order valence-electron chi connectivity index (χ4n) is 2.14. The molecule has 1 amide bonds. The Bertz CT molecular complexity index is 680. The predicted octanol–water partition coefficient (Wildman–Crippen LogP) is 4.09. The number of rotatable bonds is 3. The van der Waals surface area contributed by atoms with Gasteiger partial charge in [-0.25, -0.2) is 4.39 Å². The minimum atomic E-state index is -0.540. The van der Waals surface area contributed by atoms with Crippen LogP contribution in [0.4, 0.5) is 15.8 Å². The molecule has 2 aromatic rings. The van der Waals surface area contributed by atoms with Gasteiger partial charge in [0.15, 0.2) is 0 Å². The largest absolute Gasteiger partial charge is 0.399 e. The third kappa shape index (κ3) is 3.40. The van der Waals surface area contributed by atoms with Gasteiger partial charge in [-0.1, -0.05) is 26.0 Å². The van der Waals surface area contributed by atoms with Crippen molar-refractivity contribution in [3.05, 3.63) is 58.9 Å². The van der Waals surface area contributed by atoms with Crippen molar-refractivity contribution in [3.8, 4) is 0 Å². The molecule has 3 N–H and O–H groups in total. The van der Waals surface area contributed by atoms with E-state index in [9.17, 15) is 9.18 Å². The summed E-state index contributed by atoms with van der Waals surface area (Å²) in [5, 5.41) is 2.71. The van der Waals surface area contributed by atoms with E-state index in [1.165, 1.54) is 12.1 Å². The summed E-state index contributed by atoms with van der Waals surface area (Å²) in [7, 11) is 0. The minimum absolute atomic E-state index is 0.0394. The van der Waals surface area contributed by atoms with Crippen LogP contribution in [0.15, 0.2) is 36.4 Å². The first-order valence-electron chi connectivity index (χ1n) is 6.85. The van der Waals surface area contributed by atoms with Crippen LogP contribution in [0, 0.1) is 12.7 Å². The lowest BCUT2D eigenvalue weighted by molar-refractivity contribution is 0.102. The second kappa shape index (κ2) is 5.95. The maximum atomic E-state index is 14.0. The molecule has 0 aliphatic carbocycles. The smallest absolute Gasteiger partial charge is 0.258 e. The van der Waals surface area contributed by atoms with Gasteiger partial charge in [0.05, 0.1) is 5.56 Å². The number of carbonyl (C=O) groups is 1. The number of carbonyl (C=O) groups excluding carboxylic acids is 1. The molecule has 0 saturated heterocycles. The van der Waals surface area contributed by atoms with Crippen LogP contribution in [-0.2, 0) is 0 Å². The number of amides is 1. The number of halogens is 1. The number of aryl methyl sites for hydroxylation is 1. The predicted molar refractivity (Wildman–Crippen MR) is 84.0 cm³/mol. The molecule has 0 atom stereocenters. The highest BCUT2D eigenvalue weighted by molar-refractivity contribution is 6.05. The molecule has 0 aliphatic rings. The third-order valence-corrected chi connectivity index (χ3v) is 3.33. The van der Waals surface area contributed by atoms with Gasteiger partial charge in [0.1, 0.15) is 5.82 Å². The van der Waals surface area contributed by atoms with Gasteiger partial charge in [0.25, 0.3) is 5.91 Å². The van der Waals surface area contributed by atoms with Crippen LogP contribution in [0.2, 0.25) is 0 Å². The average molecular weight is 286 g/mol. The second-order valence-corrected chi connectivity index (χ2v) is 5.43. The van der Waals surface area contributed by atoms with Crippen molar-refractivity contribution in [1.29, 1.82) is 0 Å². The zero-order valence-corrected chi connectivity index (χ0v) is 12.4. The van der Waals surface area contributed by atoms with E-state index < -0.39 is 11.7 Å². The molecule has 0 saturated carbocycles. The Morgan fingerprint density at radius 3 is 2.62 bits per heavy atom. The Labute approximate surface area is 124 Å². The second-order valence-electron chi connectivity index (χ2n) is 5.43. The first-order valence-corrected chi connectivity index (χ1v) is 6.85. The van der Waals surface area contributed by atoms with Crippen LogP contribution in [0.5, 0.6) is 0 Å². The number of anilines is 2. The molecule has 4 heteroatoms. The van der Waals surface area contributed by atoms with Crippen molar-refractivity contribution in [3.63, 3.8) is 0 Å². The molecular formula is C17H19FN2O. The Kier molecular flexibility index (Phi) is 4.26. The number of hydrogen-bond acceptors (Lipinski definition) is 2. The molecule has 0 spiro atoms. The first-order chi connectivity index (χ1) is 9.88. The molecule has 0 bridgehead atoms. The Morgan fingerprint density at radius 1 is 1.24 bits per heavy atom. The zero-order chi connectivity index (χ0) is 15.6. The van der Waals surface area contributed by atoms with Gasteiger partial charge in [-0.05, 0) is 48.2 Å². The number of benzene rings is 2. The van der Waals surface area contributed by atoms with Gasteiger partial charge in [-0.3, -0.25) is 4.79 Å². The van der Waals surface area contributed by atoms with Crippen molar-refractivity contribution < 1.29 is 9.18 Å². The van der Waals surface area contributed by atoms with E-state index in [0.717, 1.165) is 5.56 Å². The molecule has 21 heavy (non-hydrogen) atoms. The van der Waals surface area contributed by atoms with Gasteiger partial charge in [0.2, 0.25) is 0 Å². The van der Waals surface area contributed by atoms with Crippen LogP contribution in [0.1, 0.15) is 41.3 Å². The molecule has 0 fully saturated rings. The molecule has 0 aliphatic heterocycles. The summed E-state index contributed by atoms with van der Waals surface area (Å²) in [5.74, 6) is -0.682. The van der Waals surface area contributed by atoms with Crippen LogP contribution >= 0.6 is 0 Å². The molecule has 2 rings (SSSR count). The fraction of sp³-hybridized carbons (Fsp3) is 0.235. The first kappa shape index (κ1) is 15.0. The lowest BCUT2D eigenvalue weighted by Crippen LogP contribution is -2.15. The number of hydrogen-bond donors (Lipinski definition) is 2. The summed E-state index contributed by atoms with van der Waals surface area (Å²) in [6.07, 6.45) is 0. The van der Waals surface area contributed by atoms with E-state index in [2.05, 4.69) is 19.2 Å². The maximum absolute atomic E-state index is 14.0. The highest BCUT2D eigenvalue weighted by Gasteiger charge is 2.15. The zero-order valence-electron chi connectivity index (χ0n) is 12.4. The molecule has 0 radical (unpaired) electrons. The summed E-state index contributed by atoms with van der Waals surface area (Å²) >= 11 is 0. The minimum Gasteiger partial charge on any atom is -0.399 e. The topological polar surface area (TPSA) is 55.1 Å².